The predicted octanol–water partition coefficient (Wildman–Crippen LogP) is 4.35. The fraction of sp³-hybridized carbons (Fsp3) is 0.353. The van der Waals surface area contributed by atoms with Crippen LogP contribution in [0.5, 0.6) is 0 Å². The van der Waals surface area contributed by atoms with Crippen molar-refractivity contribution in [3.05, 3.63) is 53.6 Å². The number of hydrogen-bond donors (Lipinski definition) is 2. The summed E-state index contributed by atoms with van der Waals surface area (Å²) in [6.07, 6.45) is 2.47. The van der Waals surface area contributed by atoms with Crippen LogP contribution in [0.4, 0.5) is 0 Å². The van der Waals surface area contributed by atoms with E-state index in [1.807, 2.05) is 32.1 Å². The molecule has 3 N–H and O–H groups in total. The Morgan fingerprint density at radius 3 is 2.47 bits per heavy atom. The minimum Gasteiger partial charge on any atom is -0.321 e. The fourth-order valence-corrected chi connectivity index (χ4v) is 2.67. The number of nitrogens with two attached hydrogens (primary N) is 1. The van der Waals surface area contributed by atoms with Gasteiger partial charge >= 0.3 is 0 Å². The molecule has 1 unspecified atom stereocenters. The van der Waals surface area contributed by atoms with Gasteiger partial charge in [-0.15, -0.1) is 6.58 Å². The van der Waals surface area contributed by atoms with Crippen LogP contribution in [0.1, 0.15) is 39.7 Å². The van der Waals surface area contributed by atoms with Crippen LogP contribution in [-0.2, 0) is 0 Å². The van der Waals surface area contributed by atoms with Crippen LogP contribution in [0.25, 0.3) is 5.57 Å². The molecule has 0 aliphatic rings. The smallest absolute Gasteiger partial charge is 0.0436 e. The summed E-state index contributed by atoms with van der Waals surface area (Å²) >= 11 is 0. The molecule has 0 saturated heterocycles. The fourth-order valence-electron chi connectivity index (χ4n) is 2.67. The van der Waals surface area contributed by atoms with Crippen molar-refractivity contribution >= 4 is 11.3 Å². The van der Waals surface area contributed by atoms with Crippen LogP contribution in [0.3, 0.4) is 0 Å². The molecule has 19 heavy (non-hydrogen) atoms. The van der Waals surface area contributed by atoms with E-state index in [2.05, 4.69) is 25.6 Å². The molecule has 0 aliphatic heterocycles. The molecule has 2 nitrogen and oxygen atoms in total. The van der Waals surface area contributed by atoms with Gasteiger partial charge in [0.15, 0.2) is 0 Å². The van der Waals surface area contributed by atoms with Crippen LogP contribution in [0.2, 0.25) is 0 Å². The normalized spacial score (nSPS) is 15.4. The third-order valence-electron chi connectivity index (χ3n) is 3.44. The molecule has 1 atom stereocenters. The first-order chi connectivity index (χ1) is 8.81. The lowest BCUT2D eigenvalue weighted by atomic mass is 9.81. The molecule has 0 spiro atoms. The molecule has 0 aliphatic carbocycles. The lowest BCUT2D eigenvalue weighted by Gasteiger charge is -2.29. The summed E-state index contributed by atoms with van der Waals surface area (Å²) in [7, 11) is 0. The second kappa shape index (κ2) is 5.98. The molecule has 0 heterocycles. The minimum absolute atomic E-state index is 0. The van der Waals surface area contributed by atoms with E-state index in [0.717, 1.165) is 16.7 Å². The van der Waals surface area contributed by atoms with Crippen molar-refractivity contribution in [3.8, 4) is 0 Å². The van der Waals surface area contributed by atoms with Crippen LogP contribution in [0, 0.1) is 12.3 Å². The van der Waals surface area contributed by atoms with Gasteiger partial charge in [0.05, 0.1) is 0 Å². The zero-order valence-corrected chi connectivity index (χ0v) is 12.4. The van der Waals surface area contributed by atoms with Crippen molar-refractivity contribution in [3.63, 3.8) is 0 Å². The topological polar surface area (TPSA) is 49.9 Å². The lowest BCUT2D eigenvalue weighted by Crippen LogP contribution is -2.40. The van der Waals surface area contributed by atoms with E-state index < -0.39 is 5.54 Å². The average Bonchev–Trinajstić information content (AvgIpc) is 2.28. The van der Waals surface area contributed by atoms with E-state index in [0.29, 0.717) is 12.1 Å². The Morgan fingerprint density at radius 2 is 2.00 bits per heavy atom. The van der Waals surface area contributed by atoms with E-state index in [-0.39, 0.29) is 1.43 Å². The molecular weight excluding hydrogens is 232 g/mol. The van der Waals surface area contributed by atoms with Crippen molar-refractivity contribution in [2.24, 2.45) is 5.73 Å². The summed E-state index contributed by atoms with van der Waals surface area (Å²) in [4.78, 5) is 0. The summed E-state index contributed by atoms with van der Waals surface area (Å²) in [5.41, 5.74) is 10.7. The zero-order valence-electron chi connectivity index (χ0n) is 12.4. The van der Waals surface area contributed by atoms with Gasteiger partial charge in [-0.05, 0) is 56.4 Å². The molecule has 1 aromatic rings. The summed E-state index contributed by atoms with van der Waals surface area (Å²) in [5.74, 6) is 0. The van der Waals surface area contributed by atoms with Gasteiger partial charge in [0.2, 0.25) is 0 Å². The van der Waals surface area contributed by atoms with Crippen LogP contribution in [0.15, 0.2) is 42.5 Å². The molecule has 1 rings (SSSR count). The highest BCUT2D eigenvalue weighted by molar-refractivity contribution is 6.04. The zero-order chi connectivity index (χ0) is 14.6. The minimum atomic E-state index is -0.556. The predicted molar refractivity (Wildman–Crippen MR) is 86.7 cm³/mol. The van der Waals surface area contributed by atoms with Crippen molar-refractivity contribution in [1.29, 1.82) is 5.41 Å². The number of rotatable bonds is 5. The number of nitrogens with one attached hydrogen (secondary N) is 1. The first-order valence-corrected chi connectivity index (χ1v) is 6.54. The molecular formula is C17H26N2. The maximum Gasteiger partial charge on any atom is 0.0436 e. The molecule has 1 aromatic carbocycles. The van der Waals surface area contributed by atoms with Gasteiger partial charge in [0, 0.05) is 12.7 Å². The van der Waals surface area contributed by atoms with E-state index in [1.54, 1.807) is 6.92 Å². The van der Waals surface area contributed by atoms with Gasteiger partial charge in [-0.2, -0.15) is 0 Å². The Balaban J connectivity index is 0.00000361. The van der Waals surface area contributed by atoms with E-state index in [1.165, 1.54) is 5.56 Å². The van der Waals surface area contributed by atoms with Gasteiger partial charge < -0.3 is 11.1 Å². The number of benzene rings is 1. The third kappa shape index (κ3) is 3.42. The quantitative estimate of drug-likeness (QED) is 0.598. The van der Waals surface area contributed by atoms with Crippen molar-refractivity contribution in [1.82, 2.24) is 0 Å². The largest absolute Gasteiger partial charge is 0.321 e. The molecule has 2 heteroatoms. The summed E-state index contributed by atoms with van der Waals surface area (Å²) < 4.78 is 0. The van der Waals surface area contributed by atoms with Crippen LogP contribution in [-0.4, -0.2) is 11.3 Å². The Labute approximate surface area is 118 Å². The molecule has 0 radical (unpaired) electrons. The molecule has 0 bridgehead atoms. The monoisotopic (exact) mass is 258 g/mol. The Hall–Kier alpha value is -1.67. The number of aryl methyl sites for hydroxylation is 1. The van der Waals surface area contributed by atoms with Crippen molar-refractivity contribution in [2.45, 2.75) is 39.7 Å². The van der Waals surface area contributed by atoms with Crippen LogP contribution >= 0.6 is 0 Å². The number of hydrogen-bond acceptors (Lipinski definition) is 2. The maximum absolute atomic E-state index is 8.06. The Bertz CT molecular complexity index is 528. The summed E-state index contributed by atoms with van der Waals surface area (Å²) in [5, 5.41) is 8.06. The standard InChI is InChI=1S/C17H24N2.H2/c1-6-11-17(5,19)16(14(4)18)13(3)15-10-8-7-9-12(15)2;/h6-10,18H,1,11,19H2,2-5H3;1H/b16-13+,18-14?;. The van der Waals surface area contributed by atoms with E-state index in [4.69, 9.17) is 11.1 Å². The molecule has 0 aromatic heterocycles. The first kappa shape index (κ1) is 15.4. The summed E-state index contributed by atoms with van der Waals surface area (Å²) in [6, 6.07) is 8.20. The van der Waals surface area contributed by atoms with Crippen LogP contribution < -0.4 is 5.73 Å². The molecule has 0 amide bonds. The molecule has 104 valence electrons. The highest BCUT2D eigenvalue weighted by atomic mass is 14.7. The van der Waals surface area contributed by atoms with Crippen molar-refractivity contribution in [2.75, 3.05) is 0 Å². The van der Waals surface area contributed by atoms with E-state index in [9.17, 15) is 0 Å². The third-order valence-corrected chi connectivity index (χ3v) is 3.44. The van der Waals surface area contributed by atoms with E-state index >= 15 is 0 Å². The second-order valence-electron chi connectivity index (χ2n) is 5.35. The average molecular weight is 258 g/mol. The second-order valence-corrected chi connectivity index (χ2v) is 5.35. The van der Waals surface area contributed by atoms with Gasteiger partial charge in [-0.3, -0.25) is 0 Å². The highest BCUT2D eigenvalue weighted by Crippen LogP contribution is 2.29. The summed E-state index contributed by atoms with van der Waals surface area (Å²) in [6.45, 7) is 11.6. The maximum atomic E-state index is 8.06. The Morgan fingerprint density at radius 1 is 1.42 bits per heavy atom. The van der Waals surface area contributed by atoms with Crippen molar-refractivity contribution < 1.29 is 1.43 Å². The molecule has 0 saturated carbocycles. The van der Waals surface area contributed by atoms with Gasteiger partial charge in [0.1, 0.15) is 0 Å². The van der Waals surface area contributed by atoms with Gasteiger partial charge in [-0.25, -0.2) is 0 Å². The molecule has 0 fully saturated rings. The highest BCUT2D eigenvalue weighted by Gasteiger charge is 2.26. The first-order valence-electron chi connectivity index (χ1n) is 6.54. The van der Waals surface area contributed by atoms with Gasteiger partial charge in [-0.1, -0.05) is 30.3 Å². The number of allylic oxidation sites excluding steroid dienone is 1. The van der Waals surface area contributed by atoms with Gasteiger partial charge in [0.25, 0.3) is 0 Å². The lowest BCUT2D eigenvalue weighted by molar-refractivity contribution is 0.577. The SMILES string of the molecule is C=CCC(C)(N)/C(C(C)=N)=C(\C)c1ccccc1C.[HH]. The Kier molecular flexibility index (Phi) is 4.84.